The van der Waals surface area contributed by atoms with E-state index in [-0.39, 0.29) is 56.4 Å². The van der Waals surface area contributed by atoms with Crippen molar-refractivity contribution < 1.29 is 51.0 Å². The Labute approximate surface area is 194 Å². The first-order valence-electron chi connectivity index (χ1n) is 8.89. The predicted molar refractivity (Wildman–Crippen MR) is 106 cm³/mol. The first-order chi connectivity index (χ1) is 11.4. The quantitative estimate of drug-likeness (QED) is 0.463. The maximum atomic E-state index is 2.46. The first-order valence-corrected chi connectivity index (χ1v) is 8.89. The summed E-state index contributed by atoms with van der Waals surface area (Å²) in [5.74, 6) is 0.475. The minimum Gasteiger partial charge on any atom is -1.00 e. The fraction of sp³-hybridized carbons (Fsp3) is 0.292. The Morgan fingerprint density at radius 3 is 2.15 bits per heavy atom. The van der Waals surface area contributed by atoms with E-state index in [0.29, 0.717) is 5.92 Å². The number of allylic oxidation sites excluding steroid dienone is 4. The summed E-state index contributed by atoms with van der Waals surface area (Å²) in [6, 6.07) is 17.9. The molecule has 4 rings (SSSR count). The van der Waals surface area contributed by atoms with Crippen molar-refractivity contribution in [3.8, 4) is 0 Å². The molecule has 27 heavy (non-hydrogen) atoms. The molecule has 3 aromatic carbocycles. The van der Waals surface area contributed by atoms with Crippen LogP contribution in [0.3, 0.4) is 0 Å². The maximum Gasteiger partial charge on any atom is 3.00 e. The van der Waals surface area contributed by atoms with Crippen LogP contribution in [0.1, 0.15) is 40.2 Å². The van der Waals surface area contributed by atoms with Gasteiger partial charge in [0.2, 0.25) is 0 Å². The van der Waals surface area contributed by atoms with Crippen LogP contribution in [0.25, 0.3) is 27.1 Å². The van der Waals surface area contributed by atoms with Gasteiger partial charge in [-0.3, -0.25) is 0 Å². The normalized spacial score (nSPS) is 16.6. The van der Waals surface area contributed by atoms with Gasteiger partial charge in [0.25, 0.3) is 0 Å². The van der Waals surface area contributed by atoms with E-state index in [9.17, 15) is 0 Å². The number of halogens is 2. The SMILES string of the molecule is CC1=C(c2cccc3c2[cH-]c2ccccc23)C(C)C=C1C(C)(C)C.[Cl-].[Cl-].[Zr+3]. The first kappa shape index (κ1) is 24.3. The fourth-order valence-electron chi connectivity index (χ4n) is 4.42. The van der Waals surface area contributed by atoms with Crippen molar-refractivity contribution in [1.29, 1.82) is 0 Å². The Balaban J connectivity index is 0.00000121. The van der Waals surface area contributed by atoms with Crippen LogP contribution in [0.5, 0.6) is 0 Å². The van der Waals surface area contributed by atoms with E-state index in [4.69, 9.17) is 0 Å². The molecule has 139 valence electrons. The molecule has 1 unspecified atom stereocenters. The van der Waals surface area contributed by atoms with Crippen molar-refractivity contribution in [2.75, 3.05) is 0 Å². The van der Waals surface area contributed by atoms with Crippen LogP contribution in [0.15, 0.2) is 65.8 Å². The van der Waals surface area contributed by atoms with Gasteiger partial charge >= 0.3 is 26.2 Å². The predicted octanol–water partition coefficient (Wildman–Crippen LogP) is 1.11. The summed E-state index contributed by atoms with van der Waals surface area (Å²) in [5.41, 5.74) is 6.07. The zero-order chi connectivity index (χ0) is 17.1. The molecule has 0 saturated heterocycles. The second-order valence-corrected chi connectivity index (χ2v) is 8.16. The van der Waals surface area contributed by atoms with Gasteiger partial charge in [0, 0.05) is 0 Å². The van der Waals surface area contributed by atoms with Gasteiger partial charge in [0.1, 0.15) is 0 Å². The average molecular weight is 476 g/mol. The average Bonchev–Trinajstić information content (AvgIpc) is 3.05. The molecule has 0 nitrogen and oxygen atoms in total. The van der Waals surface area contributed by atoms with Crippen molar-refractivity contribution in [2.24, 2.45) is 11.3 Å². The van der Waals surface area contributed by atoms with E-state index < -0.39 is 0 Å². The minimum atomic E-state index is 0. The summed E-state index contributed by atoms with van der Waals surface area (Å²) < 4.78 is 0. The van der Waals surface area contributed by atoms with Gasteiger partial charge in [-0.25, -0.2) is 0 Å². The van der Waals surface area contributed by atoms with E-state index >= 15 is 0 Å². The molecule has 0 aliphatic heterocycles. The summed E-state index contributed by atoms with van der Waals surface area (Å²) in [7, 11) is 0. The molecule has 1 atom stereocenters. The van der Waals surface area contributed by atoms with Crippen molar-refractivity contribution >= 4 is 27.1 Å². The van der Waals surface area contributed by atoms with E-state index in [1.54, 1.807) is 0 Å². The summed E-state index contributed by atoms with van der Waals surface area (Å²) >= 11 is 0. The second kappa shape index (κ2) is 8.73. The van der Waals surface area contributed by atoms with Crippen molar-refractivity contribution in [3.05, 3.63) is 71.3 Å². The molecule has 1 radical (unpaired) electrons. The van der Waals surface area contributed by atoms with E-state index in [2.05, 4.69) is 89.2 Å². The topological polar surface area (TPSA) is 0 Å². The molecule has 0 fully saturated rings. The number of hydrogen-bond donors (Lipinski definition) is 0. The van der Waals surface area contributed by atoms with Gasteiger partial charge < -0.3 is 24.8 Å². The third-order valence-corrected chi connectivity index (χ3v) is 5.44. The van der Waals surface area contributed by atoms with Gasteiger partial charge in [-0.15, -0.1) is 33.7 Å². The molecule has 0 heterocycles. The number of benzene rings is 2. The molecule has 0 amide bonds. The van der Waals surface area contributed by atoms with Crippen LogP contribution in [-0.2, 0) is 26.2 Å². The molecule has 3 aromatic rings. The Hall–Kier alpha value is -0.747. The molecule has 0 N–H and O–H groups in total. The Bertz CT molecular complexity index is 1020. The fourth-order valence-corrected chi connectivity index (χ4v) is 4.42. The molecule has 0 aromatic heterocycles. The summed E-state index contributed by atoms with van der Waals surface area (Å²) in [6.45, 7) is 11.6. The second-order valence-electron chi connectivity index (χ2n) is 8.16. The van der Waals surface area contributed by atoms with E-state index in [0.717, 1.165) is 0 Å². The third-order valence-electron chi connectivity index (χ3n) is 5.44. The van der Waals surface area contributed by atoms with Gasteiger partial charge in [-0.1, -0.05) is 86.9 Å². The van der Waals surface area contributed by atoms with Gasteiger partial charge in [0.05, 0.1) is 0 Å². The zero-order valence-corrected chi connectivity index (χ0v) is 20.5. The van der Waals surface area contributed by atoms with E-state index in [1.807, 2.05) is 0 Å². The van der Waals surface area contributed by atoms with Crippen molar-refractivity contribution in [2.45, 2.75) is 34.6 Å². The monoisotopic (exact) mass is 473 g/mol. The van der Waals surface area contributed by atoms with Gasteiger partial charge in [-0.2, -0.15) is 0 Å². The molecule has 1 aliphatic carbocycles. The third kappa shape index (κ3) is 4.02. The zero-order valence-electron chi connectivity index (χ0n) is 16.5. The number of rotatable bonds is 1. The molecule has 0 saturated carbocycles. The van der Waals surface area contributed by atoms with Crippen LogP contribution in [0, 0.1) is 11.3 Å². The molecule has 0 spiro atoms. The van der Waals surface area contributed by atoms with Crippen LogP contribution >= 0.6 is 0 Å². The van der Waals surface area contributed by atoms with Gasteiger partial charge in [0.15, 0.2) is 0 Å². The smallest absolute Gasteiger partial charge is 1.00 e. The summed E-state index contributed by atoms with van der Waals surface area (Å²) in [6.07, 6.45) is 2.46. The van der Waals surface area contributed by atoms with Crippen LogP contribution in [0.2, 0.25) is 0 Å². The van der Waals surface area contributed by atoms with Crippen molar-refractivity contribution in [1.82, 2.24) is 0 Å². The maximum absolute atomic E-state index is 2.46. The Kier molecular flexibility index (Phi) is 7.85. The van der Waals surface area contributed by atoms with Crippen molar-refractivity contribution in [3.63, 3.8) is 0 Å². The summed E-state index contributed by atoms with van der Waals surface area (Å²) in [4.78, 5) is 0. The van der Waals surface area contributed by atoms with Crippen LogP contribution in [0.4, 0.5) is 0 Å². The van der Waals surface area contributed by atoms with Gasteiger partial charge in [-0.05, 0) is 23.8 Å². The number of hydrogen-bond acceptors (Lipinski definition) is 0. The molecular weight excluding hydrogens is 450 g/mol. The molecule has 3 heteroatoms. The largest absolute Gasteiger partial charge is 3.00 e. The van der Waals surface area contributed by atoms with E-state index in [1.165, 1.54) is 43.8 Å². The minimum absolute atomic E-state index is 0. The summed E-state index contributed by atoms with van der Waals surface area (Å²) in [5, 5.41) is 5.47. The van der Waals surface area contributed by atoms with Crippen LogP contribution in [-0.4, -0.2) is 0 Å². The van der Waals surface area contributed by atoms with Crippen LogP contribution < -0.4 is 24.8 Å². The Morgan fingerprint density at radius 2 is 1.52 bits per heavy atom. The Morgan fingerprint density at radius 1 is 0.889 bits per heavy atom. The number of fused-ring (bicyclic) bond motifs is 3. The standard InChI is InChI=1S/C24H25.2ClH.Zr/c1-15-13-22(24(3,4)5)16(2)23(15)20-12-8-11-19-18-10-7-6-9-17(18)14-21(19)20;;;/h6-15H,1-5H3;2*1H;/q-1;;;+3/p-2. The molecular formula is C24H25Cl2Zr. The molecule has 0 bridgehead atoms. The molecule has 1 aliphatic rings.